The van der Waals surface area contributed by atoms with E-state index >= 15 is 0 Å². The summed E-state index contributed by atoms with van der Waals surface area (Å²) in [6.07, 6.45) is 0. The summed E-state index contributed by atoms with van der Waals surface area (Å²) in [6, 6.07) is 0.243. The van der Waals surface area contributed by atoms with Crippen molar-refractivity contribution in [2.75, 3.05) is 12.3 Å². The second-order valence-electron chi connectivity index (χ2n) is 2.75. The van der Waals surface area contributed by atoms with Crippen LogP contribution < -0.4 is 11.1 Å². The number of nitrogen functional groups attached to an aromatic ring is 1. The van der Waals surface area contributed by atoms with E-state index in [0.717, 1.165) is 11.3 Å². The average Bonchev–Trinajstić information content (AvgIpc) is 2.60. The van der Waals surface area contributed by atoms with Crippen LogP contribution in [0.5, 0.6) is 0 Å². The molecule has 1 rings (SSSR count). The number of carbonyl (C=O) groups excluding carboxylic acids is 1. The van der Waals surface area contributed by atoms with Gasteiger partial charge < -0.3 is 21.3 Å². The second kappa shape index (κ2) is 4.76. The summed E-state index contributed by atoms with van der Waals surface area (Å²) < 4.78 is 0. The van der Waals surface area contributed by atoms with E-state index < -0.39 is 24.5 Å². The highest BCUT2D eigenvalue weighted by Crippen LogP contribution is 2.18. The highest BCUT2D eigenvalue weighted by atomic mass is 32.1. The van der Waals surface area contributed by atoms with E-state index in [0.29, 0.717) is 5.69 Å². The van der Waals surface area contributed by atoms with Crippen molar-refractivity contribution in [3.63, 3.8) is 0 Å². The fourth-order valence-electron chi connectivity index (χ4n) is 0.913. The SMILES string of the molecule is Nc1ccsc1C(=O)N[C@@H](CO)C(=O)O. The highest BCUT2D eigenvalue weighted by molar-refractivity contribution is 7.12. The lowest BCUT2D eigenvalue weighted by molar-refractivity contribution is -0.140. The van der Waals surface area contributed by atoms with Crippen LogP contribution in [0.4, 0.5) is 5.69 Å². The third-order valence-electron chi connectivity index (χ3n) is 1.69. The maximum Gasteiger partial charge on any atom is 0.328 e. The van der Waals surface area contributed by atoms with E-state index in [1.165, 1.54) is 0 Å². The first-order valence-corrected chi connectivity index (χ1v) is 4.91. The molecule has 0 spiro atoms. The molecular weight excluding hydrogens is 220 g/mol. The van der Waals surface area contributed by atoms with E-state index in [9.17, 15) is 9.59 Å². The molecule has 0 saturated heterocycles. The number of rotatable bonds is 4. The highest BCUT2D eigenvalue weighted by Gasteiger charge is 2.21. The third kappa shape index (κ3) is 2.67. The van der Waals surface area contributed by atoms with Crippen LogP contribution in [0.2, 0.25) is 0 Å². The van der Waals surface area contributed by atoms with Gasteiger partial charge >= 0.3 is 5.97 Å². The van der Waals surface area contributed by atoms with Crippen LogP contribution in [0.15, 0.2) is 11.4 Å². The van der Waals surface area contributed by atoms with Crippen molar-refractivity contribution >= 4 is 28.9 Å². The van der Waals surface area contributed by atoms with Crippen molar-refractivity contribution < 1.29 is 19.8 Å². The number of carboxylic acid groups (broad SMARTS) is 1. The number of thiophene rings is 1. The van der Waals surface area contributed by atoms with Gasteiger partial charge in [-0.2, -0.15) is 0 Å². The van der Waals surface area contributed by atoms with Gasteiger partial charge in [0.1, 0.15) is 4.88 Å². The molecule has 6 nitrogen and oxygen atoms in total. The molecule has 1 heterocycles. The number of nitrogens with two attached hydrogens (primary N) is 1. The predicted octanol–water partition coefficient (Wildman–Crippen LogP) is -0.494. The molecule has 0 aliphatic carbocycles. The van der Waals surface area contributed by atoms with Gasteiger partial charge in [-0.3, -0.25) is 4.79 Å². The number of hydrogen-bond donors (Lipinski definition) is 4. The predicted molar refractivity (Wildman–Crippen MR) is 54.7 cm³/mol. The van der Waals surface area contributed by atoms with E-state index in [1.807, 2.05) is 0 Å². The summed E-state index contributed by atoms with van der Waals surface area (Å²) in [5.74, 6) is -1.88. The Morgan fingerprint density at radius 3 is 2.67 bits per heavy atom. The van der Waals surface area contributed by atoms with Crippen molar-refractivity contribution in [1.82, 2.24) is 5.32 Å². The molecule has 0 bridgehead atoms. The smallest absolute Gasteiger partial charge is 0.328 e. The Labute approximate surface area is 89.3 Å². The maximum absolute atomic E-state index is 11.4. The summed E-state index contributed by atoms with van der Waals surface area (Å²) in [7, 11) is 0. The van der Waals surface area contributed by atoms with Gasteiger partial charge in [0.15, 0.2) is 6.04 Å². The number of nitrogens with one attached hydrogen (secondary N) is 1. The normalized spacial score (nSPS) is 12.1. The molecule has 0 unspecified atom stereocenters. The Balaban J connectivity index is 2.71. The number of amides is 1. The fraction of sp³-hybridized carbons (Fsp3) is 0.250. The molecule has 5 N–H and O–H groups in total. The van der Waals surface area contributed by atoms with Crippen LogP contribution in [0.25, 0.3) is 0 Å². The van der Waals surface area contributed by atoms with Crippen LogP contribution in [-0.4, -0.2) is 34.7 Å². The zero-order valence-corrected chi connectivity index (χ0v) is 8.45. The van der Waals surface area contributed by atoms with Gasteiger partial charge in [-0.15, -0.1) is 11.3 Å². The first-order chi connectivity index (χ1) is 7.06. The third-order valence-corrected chi connectivity index (χ3v) is 2.62. The standard InChI is InChI=1S/C8H10N2O4S/c9-4-1-2-15-6(4)7(12)10-5(3-11)8(13)14/h1-2,5,11H,3,9H2,(H,10,12)(H,13,14)/t5-/m0/s1. The lowest BCUT2D eigenvalue weighted by Gasteiger charge is -2.10. The van der Waals surface area contributed by atoms with Gasteiger partial charge in [0.05, 0.1) is 12.3 Å². The lowest BCUT2D eigenvalue weighted by atomic mass is 10.3. The summed E-state index contributed by atoms with van der Waals surface area (Å²) in [5, 5.41) is 21.1. The number of hydrogen-bond acceptors (Lipinski definition) is 5. The largest absolute Gasteiger partial charge is 0.480 e. The minimum Gasteiger partial charge on any atom is -0.480 e. The van der Waals surface area contributed by atoms with Crippen LogP contribution in [0, 0.1) is 0 Å². The molecule has 0 radical (unpaired) electrons. The molecular formula is C8H10N2O4S. The molecule has 0 fully saturated rings. The maximum atomic E-state index is 11.4. The van der Waals surface area contributed by atoms with Gasteiger partial charge in [0.2, 0.25) is 0 Å². The minimum absolute atomic E-state index is 0.245. The fourth-order valence-corrected chi connectivity index (χ4v) is 1.63. The number of aliphatic carboxylic acids is 1. The Morgan fingerprint density at radius 2 is 2.27 bits per heavy atom. The van der Waals surface area contributed by atoms with Gasteiger partial charge in [0.25, 0.3) is 5.91 Å². The van der Waals surface area contributed by atoms with Gasteiger partial charge in [-0.05, 0) is 11.4 Å². The summed E-state index contributed by atoms with van der Waals surface area (Å²) >= 11 is 1.11. The van der Waals surface area contributed by atoms with Crippen LogP contribution in [-0.2, 0) is 4.79 Å². The quantitative estimate of drug-likeness (QED) is 0.557. The molecule has 15 heavy (non-hydrogen) atoms. The summed E-state index contributed by atoms with van der Waals surface area (Å²) in [5.41, 5.74) is 5.77. The topological polar surface area (TPSA) is 113 Å². The Bertz CT molecular complexity index is 376. The zero-order chi connectivity index (χ0) is 11.4. The van der Waals surface area contributed by atoms with Gasteiger partial charge in [-0.25, -0.2) is 4.79 Å². The molecule has 1 atom stereocenters. The van der Waals surface area contributed by atoms with E-state index in [1.54, 1.807) is 11.4 Å². The van der Waals surface area contributed by atoms with E-state index in [2.05, 4.69) is 5.32 Å². The van der Waals surface area contributed by atoms with Gasteiger partial charge in [0, 0.05) is 0 Å². The van der Waals surface area contributed by atoms with Crippen molar-refractivity contribution in [2.24, 2.45) is 0 Å². The van der Waals surface area contributed by atoms with Crippen LogP contribution in [0.3, 0.4) is 0 Å². The molecule has 1 amide bonds. The Morgan fingerprint density at radius 1 is 1.60 bits per heavy atom. The van der Waals surface area contributed by atoms with Crippen molar-refractivity contribution in [3.05, 3.63) is 16.3 Å². The number of aliphatic hydroxyl groups excluding tert-OH is 1. The molecule has 0 aromatic carbocycles. The average molecular weight is 230 g/mol. The molecule has 1 aromatic heterocycles. The monoisotopic (exact) mass is 230 g/mol. The van der Waals surface area contributed by atoms with Crippen molar-refractivity contribution in [1.29, 1.82) is 0 Å². The van der Waals surface area contributed by atoms with Crippen LogP contribution >= 0.6 is 11.3 Å². The molecule has 82 valence electrons. The van der Waals surface area contributed by atoms with Crippen molar-refractivity contribution in [3.8, 4) is 0 Å². The first-order valence-electron chi connectivity index (χ1n) is 4.03. The molecule has 0 saturated carbocycles. The molecule has 7 heteroatoms. The Kier molecular flexibility index (Phi) is 3.64. The van der Waals surface area contributed by atoms with Crippen molar-refractivity contribution in [2.45, 2.75) is 6.04 Å². The number of carboxylic acids is 1. The number of anilines is 1. The second-order valence-corrected chi connectivity index (χ2v) is 3.67. The summed E-state index contributed by atoms with van der Waals surface area (Å²) in [6.45, 7) is -0.660. The van der Waals surface area contributed by atoms with E-state index in [-0.39, 0.29) is 4.88 Å². The number of aliphatic hydroxyl groups is 1. The Hall–Kier alpha value is -1.60. The molecule has 0 aliphatic heterocycles. The first kappa shape index (κ1) is 11.5. The van der Waals surface area contributed by atoms with E-state index in [4.69, 9.17) is 15.9 Å². The lowest BCUT2D eigenvalue weighted by Crippen LogP contribution is -2.43. The summed E-state index contributed by atoms with van der Waals surface area (Å²) in [4.78, 5) is 22.2. The number of carbonyl (C=O) groups is 2. The zero-order valence-electron chi connectivity index (χ0n) is 7.64. The van der Waals surface area contributed by atoms with Gasteiger partial charge in [-0.1, -0.05) is 0 Å². The van der Waals surface area contributed by atoms with Crippen LogP contribution in [0.1, 0.15) is 9.67 Å². The minimum atomic E-state index is -1.31. The molecule has 0 aliphatic rings. The molecule has 1 aromatic rings.